The van der Waals surface area contributed by atoms with Crippen LogP contribution >= 0.6 is 0 Å². The minimum absolute atomic E-state index is 0.144. The van der Waals surface area contributed by atoms with Crippen LogP contribution in [0, 0.1) is 5.41 Å². The highest BCUT2D eigenvalue weighted by atomic mass is 16.5. The molecule has 23 heavy (non-hydrogen) atoms. The van der Waals surface area contributed by atoms with Crippen molar-refractivity contribution in [3.8, 4) is 0 Å². The fourth-order valence-corrected chi connectivity index (χ4v) is 3.72. The normalized spacial score (nSPS) is 25.3. The van der Waals surface area contributed by atoms with Gasteiger partial charge in [-0.1, -0.05) is 12.1 Å². The number of amides is 1. The Kier molecular flexibility index (Phi) is 3.41. The molecule has 2 fully saturated rings. The number of nitrogens with zero attached hydrogens (tertiary/aromatic N) is 4. The number of carbonyl (C=O) groups is 1. The minimum Gasteiger partial charge on any atom is -0.379 e. The number of anilines is 1. The highest BCUT2D eigenvalue weighted by Crippen LogP contribution is 2.35. The average molecular weight is 312 g/mol. The predicted octanol–water partition coefficient (Wildman–Crippen LogP) is 1.31. The zero-order valence-corrected chi connectivity index (χ0v) is 13.2. The lowest BCUT2D eigenvalue weighted by Crippen LogP contribution is -2.40. The van der Waals surface area contributed by atoms with Crippen molar-refractivity contribution in [3.63, 3.8) is 0 Å². The van der Waals surface area contributed by atoms with Crippen LogP contribution in [0.2, 0.25) is 0 Å². The monoisotopic (exact) mass is 312 g/mol. The number of fused-ring (bicyclic) bond motifs is 1. The van der Waals surface area contributed by atoms with E-state index < -0.39 is 0 Å². The molecule has 1 atom stereocenters. The van der Waals surface area contributed by atoms with Crippen molar-refractivity contribution < 1.29 is 9.53 Å². The lowest BCUT2D eigenvalue weighted by atomic mass is 9.87. The van der Waals surface area contributed by atoms with E-state index in [0.29, 0.717) is 19.6 Å². The highest BCUT2D eigenvalue weighted by molar-refractivity contribution is 5.89. The first-order valence-electron chi connectivity index (χ1n) is 7.93. The number of benzene rings is 1. The maximum atomic E-state index is 12.0. The van der Waals surface area contributed by atoms with E-state index in [1.54, 1.807) is 6.33 Å². The molecule has 0 N–H and O–H groups in total. The van der Waals surface area contributed by atoms with Gasteiger partial charge in [-0.2, -0.15) is 0 Å². The van der Waals surface area contributed by atoms with Gasteiger partial charge in [-0.3, -0.25) is 4.79 Å². The average Bonchev–Trinajstić information content (AvgIpc) is 2.72. The van der Waals surface area contributed by atoms with Gasteiger partial charge in [0.15, 0.2) is 0 Å². The molecule has 6 nitrogen and oxygen atoms in total. The van der Waals surface area contributed by atoms with E-state index in [-0.39, 0.29) is 11.3 Å². The van der Waals surface area contributed by atoms with Gasteiger partial charge in [0.05, 0.1) is 18.7 Å². The summed E-state index contributed by atoms with van der Waals surface area (Å²) >= 11 is 0. The molecule has 4 rings (SSSR count). The molecular weight excluding hydrogens is 292 g/mol. The third kappa shape index (κ3) is 2.53. The zero-order valence-electron chi connectivity index (χ0n) is 13.2. The van der Waals surface area contributed by atoms with Crippen molar-refractivity contribution in [2.45, 2.75) is 6.42 Å². The molecule has 2 aliphatic heterocycles. The second-order valence-corrected chi connectivity index (χ2v) is 6.62. The van der Waals surface area contributed by atoms with Gasteiger partial charge in [0.25, 0.3) is 0 Å². The molecule has 1 aromatic heterocycles. The quantitative estimate of drug-likeness (QED) is 0.795. The molecule has 1 spiro atoms. The summed E-state index contributed by atoms with van der Waals surface area (Å²) in [5.41, 5.74) is 0.797. The van der Waals surface area contributed by atoms with Crippen LogP contribution in [-0.4, -0.2) is 60.7 Å². The van der Waals surface area contributed by atoms with E-state index in [1.807, 2.05) is 30.1 Å². The Morgan fingerprint density at radius 2 is 2.09 bits per heavy atom. The Morgan fingerprint density at radius 3 is 2.91 bits per heavy atom. The topological polar surface area (TPSA) is 58.6 Å². The van der Waals surface area contributed by atoms with Crippen LogP contribution in [-0.2, 0) is 9.53 Å². The van der Waals surface area contributed by atoms with E-state index in [1.165, 1.54) is 0 Å². The van der Waals surface area contributed by atoms with Crippen LogP contribution in [0.3, 0.4) is 0 Å². The van der Waals surface area contributed by atoms with Crippen molar-refractivity contribution in [1.82, 2.24) is 14.9 Å². The number of hydrogen-bond acceptors (Lipinski definition) is 5. The van der Waals surface area contributed by atoms with Crippen LogP contribution in [0.4, 0.5) is 5.82 Å². The van der Waals surface area contributed by atoms with E-state index in [2.05, 4.69) is 20.9 Å². The fourth-order valence-electron chi connectivity index (χ4n) is 3.72. The van der Waals surface area contributed by atoms with E-state index in [4.69, 9.17) is 4.74 Å². The van der Waals surface area contributed by atoms with Crippen LogP contribution in [0.1, 0.15) is 6.42 Å². The predicted molar refractivity (Wildman–Crippen MR) is 87.3 cm³/mol. The number of rotatable bonds is 1. The van der Waals surface area contributed by atoms with Crippen LogP contribution in [0.15, 0.2) is 30.6 Å². The summed E-state index contributed by atoms with van der Waals surface area (Å²) < 4.78 is 5.83. The number of hydrogen-bond donors (Lipinski definition) is 0. The summed E-state index contributed by atoms with van der Waals surface area (Å²) in [5, 5.41) is 1.05. The maximum absolute atomic E-state index is 12.0. The molecule has 0 aliphatic carbocycles. The van der Waals surface area contributed by atoms with Crippen LogP contribution in [0.5, 0.6) is 0 Å². The molecule has 3 heterocycles. The summed E-state index contributed by atoms with van der Waals surface area (Å²) in [6.07, 6.45) is 2.16. The van der Waals surface area contributed by atoms with Gasteiger partial charge in [-0.05, 0) is 12.1 Å². The van der Waals surface area contributed by atoms with E-state index >= 15 is 0 Å². The van der Waals surface area contributed by atoms with Crippen LogP contribution < -0.4 is 4.90 Å². The van der Waals surface area contributed by atoms with Gasteiger partial charge < -0.3 is 14.5 Å². The van der Waals surface area contributed by atoms with E-state index in [9.17, 15) is 4.79 Å². The van der Waals surface area contributed by atoms with Crippen molar-refractivity contribution >= 4 is 22.6 Å². The van der Waals surface area contributed by atoms with Crippen molar-refractivity contribution in [2.75, 3.05) is 44.8 Å². The standard InChI is InChI=1S/C17H20N4O2/c1-20-9-17(8-15(20)22)10-21(6-7-23-11-17)16-13-4-2-3-5-14(13)18-12-19-16/h2-5,12H,6-11H2,1H3. The van der Waals surface area contributed by atoms with Crippen molar-refractivity contribution in [1.29, 1.82) is 0 Å². The molecule has 2 aromatic rings. The molecule has 120 valence electrons. The molecule has 0 radical (unpaired) electrons. The highest BCUT2D eigenvalue weighted by Gasteiger charge is 2.44. The Balaban J connectivity index is 1.71. The van der Waals surface area contributed by atoms with Gasteiger partial charge >= 0.3 is 0 Å². The molecule has 2 saturated heterocycles. The first-order chi connectivity index (χ1) is 11.2. The minimum atomic E-state index is -0.144. The van der Waals surface area contributed by atoms with E-state index in [0.717, 1.165) is 36.4 Å². The van der Waals surface area contributed by atoms with Gasteiger partial charge in [0, 0.05) is 43.9 Å². The van der Waals surface area contributed by atoms with Gasteiger partial charge in [-0.25, -0.2) is 9.97 Å². The molecule has 1 amide bonds. The van der Waals surface area contributed by atoms with Crippen LogP contribution in [0.25, 0.3) is 10.9 Å². The summed E-state index contributed by atoms with van der Waals surface area (Å²) in [6, 6.07) is 8.04. The first kappa shape index (κ1) is 14.4. The van der Waals surface area contributed by atoms with Crippen molar-refractivity contribution in [2.24, 2.45) is 5.41 Å². The zero-order chi connectivity index (χ0) is 15.9. The summed E-state index contributed by atoms with van der Waals surface area (Å²) in [7, 11) is 1.87. The first-order valence-corrected chi connectivity index (χ1v) is 7.93. The Labute approximate surface area is 135 Å². The lowest BCUT2D eigenvalue weighted by molar-refractivity contribution is -0.126. The fraction of sp³-hybridized carbons (Fsp3) is 0.471. The van der Waals surface area contributed by atoms with Gasteiger partial charge in [0.2, 0.25) is 5.91 Å². The second-order valence-electron chi connectivity index (χ2n) is 6.62. The number of aromatic nitrogens is 2. The molecular formula is C17H20N4O2. The SMILES string of the molecule is CN1CC2(COCCN(c3ncnc4ccccc34)C2)CC1=O. The number of para-hydroxylation sites is 1. The second kappa shape index (κ2) is 5.45. The number of likely N-dealkylation sites (tertiary alicyclic amines) is 1. The molecule has 0 bridgehead atoms. The number of carbonyl (C=O) groups excluding carboxylic acids is 1. The molecule has 0 saturated carbocycles. The third-order valence-electron chi connectivity index (χ3n) is 4.79. The summed E-state index contributed by atoms with van der Waals surface area (Å²) in [6.45, 7) is 3.58. The Hall–Kier alpha value is -2.21. The molecule has 6 heteroatoms. The lowest BCUT2D eigenvalue weighted by Gasteiger charge is -2.31. The van der Waals surface area contributed by atoms with Gasteiger partial charge in [0.1, 0.15) is 12.1 Å². The van der Waals surface area contributed by atoms with Gasteiger partial charge in [-0.15, -0.1) is 0 Å². The van der Waals surface area contributed by atoms with Crippen molar-refractivity contribution in [3.05, 3.63) is 30.6 Å². The maximum Gasteiger partial charge on any atom is 0.223 e. The number of ether oxygens (including phenoxy) is 1. The summed E-state index contributed by atoms with van der Waals surface area (Å²) in [5.74, 6) is 1.13. The molecule has 1 aromatic carbocycles. The Bertz CT molecular complexity index is 745. The molecule has 1 unspecified atom stereocenters. The summed E-state index contributed by atoms with van der Waals surface area (Å²) in [4.78, 5) is 25.0. The largest absolute Gasteiger partial charge is 0.379 e. The third-order valence-corrected chi connectivity index (χ3v) is 4.79. The Morgan fingerprint density at radius 1 is 1.22 bits per heavy atom. The smallest absolute Gasteiger partial charge is 0.223 e. The molecule has 2 aliphatic rings.